The van der Waals surface area contributed by atoms with Crippen LogP contribution in [0.3, 0.4) is 0 Å². The lowest BCUT2D eigenvalue weighted by Crippen LogP contribution is -2.35. The van der Waals surface area contributed by atoms with Crippen LogP contribution in [0.2, 0.25) is 0 Å². The van der Waals surface area contributed by atoms with Crippen LogP contribution in [0, 0.1) is 0 Å². The van der Waals surface area contributed by atoms with Gasteiger partial charge in [0.2, 0.25) is 0 Å². The van der Waals surface area contributed by atoms with Crippen LogP contribution in [0.5, 0.6) is 5.75 Å². The number of hydrogen-bond acceptors (Lipinski definition) is 2. The van der Waals surface area contributed by atoms with E-state index in [0.717, 1.165) is 6.42 Å². The Balaban J connectivity index is 2.68. The second-order valence-corrected chi connectivity index (χ2v) is 3.59. The van der Waals surface area contributed by atoms with E-state index in [0.29, 0.717) is 11.4 Å². The zero-order valence-electron chi connectivity index (χ0n) is 8.53. The number of phenols is 1. The largest absolute Gasteiger partial charge is 0.508 e. The normalized spacial score (nSPS) is 12.1. The molecule has 0 radical (unpaired) electrons. The number of alkyl halides is 1. The van der Waals surface area contributed by atoms with Crippen LogP contribution in [0.1, 0.15) is 23.7 Å². The first kappa shape index (κ1) is 11.9. The molecule has 0 spiro atoms. The minimum absolute atomic E-state index is 0.0264. The molecule has 15 heavy (non-hydrogen) atoms. The number of aromatic hydroxyl groups is 1. The lowest BCUT2D eigenvalue weighted by atomic mass is 10.2. The fourth-order valence-electron chi connectivity index (χ4n) is 1.17. The van der Waals surface area contributed by atoms with Gasteiger partial charge in [0.05, 0.1) is 0 Å². The van der Waals surface area contributed by atoms with Crippen molar-refractivity contribution < 1.29 is 9.90 Å². The maximum atomic E-state index is 11.6. The average Bonchev–Trinajstić information content (AvgIpc) is 2.25. The molecule has 1 rings (SSSR count). The molecule has 0 heterocycles. The van der Waals surface area contributed by atoms with Crippen molar-refractivity contribution in [3.05, 3.63) is 29.8 Å². The predicted octanol–water partition coefficient (Wildman–Crippen LogP) is 2.14. The number of phenolic OH excluding ortho intramolecular Hbond substituents is 1. The predicted molar refractivity (Wildman–Crippen MR) is 60.4 cm³/mol. The van der Waals surface area contributed by atoms with Gasteiger partial charge >= 0.3 is 0 Å². The maximum Gasteiger partial charge on any atom is 0.251 e. The van der Waals surface area contributed by atoms with Crippen LogP contribution >= 0.6 is 11.6 Å². The number of nitrogens with one attached hydrogen (secondary N) is 1. The molecule has 0 aliphatic rings. The van der Waals surface area contributed by atoms with Gasteiger partial charge in [-0.1, -0.05) is 13.0 Å². The third-order valence-corrected chi connectivity index (χ3v) is 2.50. The van der Waals surface area contributed by atoms with Crippen LogP contribution < -0.4 is 5.32 Å². The topological polar surface area (TPSA) is 49.3 Å². The lowest BCUT2D eigenvalue weighted by molar-refractivity contribution is 0.0939. The molecule has 1 atom stereocenters. The highest BCUT2D eigenvalue weighted by Gasteiger charge is 2.11. The van der Waals surface area contributed by atoms with Crippen LogP contribution in [0.15, 0.2) is 24.3 Å². The Morgan fingerprint density at radius 3 is 2.87 bits per heavy atom. The molecule has 0 saturated carbocycles. The Labute approximate surface area is 94.1 Å². The van der Waals surface area contributed by atoms with Crippen LogP contribution in [0.25, 0.3) is 0 Å². The summed E-state index contributed by atoms with van der Waals surface area (Å²) in [6, 6.07) is 6.20. The fourth-order valence-corrected chi connectivity index (χ4v) is 1.46. The van der Waals surface area contributed by atoms with E-state index in [-0.39, 0.29) is 17.7 Å². The molecule has 0 aromatic heterocycles. The molecule has 2 N–H and O–H groups in total. The van der Waals surface area contributed by atoms with Crippen molar-refractivity contribution in [3.63, 3.8) is 0 Å². The number of halogens is 1. The quantitative estimate of drug-likeness (QED) is 0.775. The van der Waals surface area contributed by atoms with Gasteiger partial charge in [0.25, 0.3) is 5.91 Å². The standard InChI is InChI=1S/C11H14ClNO2/c1-2-9(7-12)13-11(15)8-4-3-5-10(14)6-8/h3-6,9,14H,2,7H2,1H3,(H,13,15). The first-order chi connectivity index (χ1) is 7.17. The van der Waals surface area contributed by atoms with Crippen molar-refractivity contribution >= 4 is 17.5 Å². The number of carbonyl (C=O) groups is 1. The van der Waals surface area contributed by atoms with Gasteiger partial charge in [-0.2, -0.15) is 0 Å². The summed E-state index contributed by atoms with van der Waals surface area (Å²) in [7, 11) is 0. The number of carbonyl (C=O) groups excluding carboxylic acids is 1. The zero-order valence-corrected chi connectivity index (χ0v) is 9.29. The van der Waals surface area contributed by atoms with E-state index < -0.39 is 0 Å². The highest BCUT2D eigenvalue weighted by Crippen LogP contribution is 2.11. The smallest absolute Gasteiger partial charge is 0.251 e. The highest BCUT2D eigenvalue weighted by molar-refractivity contribution is 6.18. The second kappa shape index (κ2) is 5.61. The van der Waals surface area contributed by atoms with Crippen molar-refractivity contribution in [2.45, 2.75) is 19.4 Å². The molecule has 0 bridgehead atoms. The van der Waals surface area contributed by atoms with Crippen molar-refractivity contribution in [3.8, 4) is 5.75 Å². The Morgan fingerprint density at radius 2 is 2.33 bits per heavy atom. The third-order valence-electron chi connectivity index (χ3n) is 2.12. The Hall–Kier alpha value is -1.22. The van der Waals surface area contributed by atoms with Gasteiger partial charge in [-0.3, -0.25) is 4.79 Å². The molecule has 0 saturated heterocycles. The zero-order chi connectivity index (χ0) is 11.3. The summed E-state index contributed by atoms with van der Waals surface area (Å²) >= 11 is 5.67. The monoisotopic (exact) mass is 227 g/mol. The molecular weight excluding hydrogens is 214 g/mol. The molecule has 82 valence electrons. The number of benzene rings is 1. The van der Waals surface area contributed by atoms with Crippen molar-refractivity contribution in [2.24, 2.45) is 0 Å². The Morgan fingerprint density at radius 1 is 1.60 bits per heavy atom. The molecule has 1 aromatic carbocycles. The number of rotatable bonds is 4. The van der Waals surface area contributed by atoms with Gasteiger partial charge in [0.1, 0.15) is 5.75 Å². The summed E-state index contributed by atoms with van der Waals surface area (Å²) in [5.41, 5.74) is 0.443. The van der Waals surface area contributed by atoms with E-state index in [1.54, 1.807) is 12.1 Å². The van der Waals surface area contributed by atoms with E-state index in [9.17, 15) is 9.90 Å². The maximum absolute atomic E-state index is 11.6. The van der Waals surface area contributed by atoms with Crippen LogP contribution in [-0.4, -0.2) is 22.9 Å². The van der Waals surface area contributed by atoms with Crippen LogP contribution in [-0.2, 0) is 0 Å². The van der Waals surface area contributed by atoms with Crippen LogP contribution in [0.4, 0.5) is 0 Å². The van der Waals surface area contributed by atoms with Crippen molar-refractivity contribution in [1.82, 2.24) is 5.32 Å². The van der Waals surface area contributed by atoms with Gasteiger partial charge in [0, 0.05) is 17.5 Å². The first-order valence-corrected chi connectivity index (χ1v) is 5.36. The van der Waals surface area contributed by atoms with E-state index in [4.69, 9.17) is 11.6 Å². The third kappa shape index (κ3) is 3.44. The molecule has 1 unspecified atom stereocenters. The summed E-state index contributed by atoms with van der Waals surface area (Å²) in [5, 5.41) is 12.0. The number of hydrogen-bond donors (Lipinski definition) is 2. The molecule has 4 heteroatoms. The molecular formula is C11H14ClNO2. The lowest BCUT2D eigenvalue weighted by Gasteiger charge is -2.13. The number of amides is 1. The van der Waals surface area contributed by atoms with Gasteiger partial charge in [0.15, 0.2) is 0 Å². The molecule has 0 fully saturated rings. The molecule has 0 aliphatic carbocycles. The summed E-state index contributed by atoms with van der Waals surface area (Å²) < 4.78 is 0. The van der Waals surface area contributed by atoms with Gasteiger partial charge in [-0.15, -0.1) is 11.6 Å². The summed E-state index contributed by atoms with van der Waals surface area (Å²) in [6.45, 7) is 1.95. The van der Waals surface area contributed by atoms with Crippen molar-refractivity contribution in [1.29, 1.82) is 0 Å². The molecule has 0 aliphatic heterocycles. The summed E-state index contributed by atoms with van der Waals surface area (Å²) in [6.07, 6.45) is 0.786. The molecule has 3 nitrogen and oxygen atoms in total. The van der Waals surface area contributed by atoms with Crippen molar-refractivity contribution in [2.75, 3.05) is 5.88 Å². The first-order valence-electron chi connectivity index (χ1n) is 4.83. The average molecular weight is 228 g/mol. The minimum atomic E-state index is -0.210. The SMILES string of the molecule is CCC(CCl)NC(=O)c1cccc(O)c1. The van der Waals surface area contributed by atoms with Gasteiger partial charge < -0.3 is 10.4 Å². The van der Waals surface area contributed by atoms with E-state index in [2.05, 4.69) is 5.32 Å². The Bertz CT molecular complexity index is 337. The molecule has 1 amide bonds. The minimum Gasteiger partial charge on any atom is -0.508 e. The van der Waals surface area contributed by atoms with E-state index in [1.165, 1.54) is 12.1 Å². The highest BCUT2D eigenvalue weighted by atomic mass is 35.5. The van der Waals surface area contributed by atoms with Gasteiger partial charge in [-0.25, -0.2) is 0 Å². The summed E-state index contributed by atoms with van der Waals surface area (Å²) in [4.78, 5) is 11.6. The second-order valence-electron chi connectivity index (χ2n) is 3.28. The van der Waals surface area contributed by atoms with E-state index >= 15 is 0 Å². The summed E-state index contributed by atoms with van der Waals surface area (Å²) in [5.74, 6) is 0.265. The Kier molecular flexibility index (Phi) is 4.43. The van der Waals surface area contributed by atoms with E-state index in [1.807, 2.05) is 6.92 Å². The van der Waals surface area contributed by atoms with Gasteiger partial charge in [-0.05, 0) is 24.6 Å². The molecule has 1 aromatic rings. The fraction of sp³-hybridized carbons (Fsp3) is 0.364.